The third kappa shape index (κ3) is 11.2. The van der Waals surface area contributed by atoms with Crippen molar-refractivity contribution in [2.45, 2.75) is 52.6 Å². The van der Waals surface area contributed by atoms with Gasteiger partial charge in [-0.3, -0.25) is 19.2 Å². The van der Waals surface area contributed by atoms with Crippen LogP contribution in [-0.4, -0.2) is 53.1 Å². The first kappa shape index (κ1) is 33.3. The fourth-order valence-corrected chi connectivity index (χ4v) is 4.13. The zero-order valence-corrected chi connectivity index (χ0v) is 25.4. The number of benzene rings is 2. The second kappa shape index (κ2) is 17.1. The molecule has 0 bridgehead atoms. The minimum absolute atomic E-state index is 0.0516. The summed E-state index contributed by atoms with van der Waals surface area (Å²) >= 11 is 0. The van der Waals surface area contributed by atoms with E-state index in [4.69, 9.17) is 0 Å². The third-order valence-electron chi connectivity index (χ3n) is 6.25. The first-order valence-corrected chi connectivity index (χ1v) is 14.5. The van der Waals surface area contributed by atoms with E-state index in [0.29, 0.717) is 12.8 Å². The summed E-state index contributed by atoms with van der Waals surface area (Å²) in [6.45, 7) is 7.72. The first-order valence-electron chi connectivity index (χ1n) is 14.5. The SMILES string of the molecule is CC(C)C[C@H](NC(=O)c1cccc(C(=O)N[C@@H](CC(C)C)C(=O)N/N=C/c2ccccc2)n1)C(=O)N/N=C/c1ccccc1. The molecule has 44 heavy (non-hydrogen) atoms. The van der Waals surface area contributed by atoms with E-state index in [0.717, 1.165) is 11.1 Å². The molecule has 0 unspecified atom stereocenters. The lowest BCUT2D eigenvalue weighted by molar-refractivity contribution is -0.124. The van der Waals surface area contributed by atoms with Gasteiger partial charge in [-0.15, -0.1) is 0 Å². The number of hydrazone groups is 2. The van der Waals surface area contributed by atoms with Crippen LogP contribution >= 0.6 is 0 Å². The number of rotatable bonds is 14. The van der Waals surface area contributed by atoms with E-state index in [-0.39, 0.29) is 23.2 Å². The molecule has 0 spiro atoms. The molecule has 11 heteroatoms. The third-order valence-corrected chi connectivity index (χ3v) is 6.25. The molecule has 0 saturated heterocycles. The van der Waals surface area contributed by atoms with Crippen LogP contribution in [0.1, 0.15) is 72.6 Å². The highest BCUT2D eigenvalue weighted by Crippen LogP contribution is 2.09. The molecule has 0 aliphatic rings. The van der Waals surface area contributed by atoms with Crippen LogP contribution in [0.5, 0.6) is 0 Å². The summed E-state index contributed by atoms with van der Waals surface area (Å²) in [4.78, 5) is 56.2. The minimum atomic E-state index is -0.884. The maximum Gasteiger partial charge on any atom is 0.270 e. The Kier molecular flexibility index (Phi) is 12.9. The number of amides is 4. The summed E-state index contributed by atoms with van der Waals surface area (Å²) < 4.78 is 0. The Morgan fingerprint density at radius 2 is 1.00 bits per heavy atom. The summed E-state index contributed by atoms with van der Waals surface area (Å²) in [5, 5.41) is 13.4. The van der Waals surface area contributed by atoms with Crippen LogP contribution < -0.4 is 21.5 Å². The van der Waals surface area contributed by atoms with Crippen molar-refractivity contribution in [2.24, 2.45) is 22.0 Å². The van der Waals surface area contributed by atoms with Crippen LogP contribution in [0.2, 0.25) is 0 Å². The van der Waals surface area contributed by atoms with Gasteiger partial charge in [0.05, 0.1) is 12.4 Å². The molecule has 0 aliphatic carbocycles. The number of carbonyl (C=O) groups excluding carboxylic acids is 4. The lowest BCUT2D eigenvalue weighted by Crippen LogP contribution is -2.47. The summed E-state index contributed by atoms with van der Waals surface area (Å²) in [6, 6.07) is 21.2. The van der Waals surface area contributed by atoms with Crippen molar-refractivity contribution in [3.8, 4) is 0 Å². The molecule has 3 rings (SSSR count). The van der Waals surface area contributed by atoms with Crippen molar-refractivity contribution in [3.63, 3.8) is 0 Å². The van der Waals surface area contributed by atoms with Crippen molar-refractivity contribution in [1.29, 1.82) is 0 Å². The first-order chi connectivity index (χ1) is 21.1. The van der Waals surface area contributed by atoms with E-state index in [2.05, 4.69) is 36.7 Å². The van der Waals surface area contributed by atoms with Crippen molar-refractivity contribution >= 4 is 36.1 Å². The van der Waals surface area contributed by atoms with Gasteiger partial charge in [0.1, 0.15) is 23.5 Å². The van der Waals surface area contributed by atoms with Gasteiger partial charge in [-0.25, -0.2) is 15.8 Å². The molecule has 3 aromatic rings. The predicted molar refractivity (Wildman–Crippen MR) is 170 cm³/mol. The van der Waals surface area contributed by atoms with Crippen molar-refractivity contribution in [2.75, 3.05) is 0 Å². The maximum atomic E-state index is 13.1. The zero-order valence-electron chi connectivity index (χ0n) is 25.4. The predicted octanol–water partition coefficient (Wildman–Crippen LogP) is 3.67. The molecule has 4 N–H and O–H groups in total. The van der Waals surface area contributed by atoms with E-state index >= 15 is 0 Å². The molecule has 2 aromatic carbocycles. The lowest BCUT2D eigenvalue weighted by atomic mass is 10.0. The van der Waals surface area contributed by atoms with E-state index in [9.17, 15) is 19.2 Å². The van der Waals surface area contributed by atoms with Gasteiger partial charge < -0.3 is 10.6 Å². The molecule has 1 aromatic heterocycles. The Bertz CT molecular complexity index is 1350. The highest BCUT2D eigenvalue weighted by molar-refractivity contribution is 5.99. The molecule has 230 valence electrons. The van der Waals surface area contributed by atoms with Gasteiger partial charge in [-0.1, -0.05) is 94.4 Å². The molecular formula is C33H39N7O4. The summed E-state index contributed by atoms with van der Waals surface area (Å²) in [5.74, 6) is -2.03. The smallest absolute Gasteiger partial charge is 0.270 e. The van der Waals surface area contributed by atoms with Crippen LogP contribution in [0, 0.1) is 11.8 Å². The number of carbonyl (C=O) groups is 4. The molecule has 0 radical (unpaired) electrons. The van der Waals surface area contributed by atoms with Gasteiger partial charge in [0.2, 0.25) is 0 Å². The normalized spacial score (nSPS) is 12.7. The van der Waals surface area contributed by atoms with E-state index in [1.807, 2.05) is 88.4 Å². The molecule has 2 atom stereocenters. The Balaban J connectivity index is 1.66. The fraction of sp³-hybridized carbons (Fsp3) is 0.303. The Morgan fingerprint density at radius 3 is 1.36 bits per heavy atom. The highest BCUT2D eigenvalue weighted by atomic mass is 16.2. The fourth-order valence-electron chi connectivity index (χ4n) is 4.13. The topological polar surface area (TPSA) is 154 Å². The van der Waals surface area contributed by atoms with Gasteiger partial charge in [0.25, 0.3) is 23.6 Å². The molecule has 4 amide bonds. The van der Waals surface area contributed by atoms with Gasteiger partial charge in [-0.05, 0) is 47.9 Å². The Morgan fingerprint density at radius 1 is 0.614 bits per heavy atom. The quantitative estimate of drug-likeness (QED) is 0.165. The van der Waals surface area contributed by atoms with Crippen LogP contribution in [0.4, 0.5) is 0 Å². The van der Waals surface area contributed by atoms with E-state index in [1.54, 1.807) is 0 Å². The molecule has 0 aliphatic heterocycles. The number of nitrogens with zero attached hydrogens (tertiary/aromatic N) is 3. The van der Waals surface area contributed by atoms with Crippen LogP contribution in [0.3, 0.4) is 0 Å². The molecule has 11 nitrogen and oxygen atoms in total. The average Bonchev–Trinajstić information content (AvgIpc) is 3.01. The van der Waals surface area contributed by atoms with Gasteiger partial charge in [0.15, 0.2) is 0 Å². The summed E-state index contributed by atoms with van der Waals surface area (Å²) in [6.07, 6.45) is 3.74. The number of hydrogen-bond acceptors (Lipinski definition) is 7. The van der Waals surface area contributed by atoms with Crippen LogP contribution in [-0.2, 0) is 9.59 Å². The van der Waals surface area contributed by atoms with Gasteiger partial charge >= 0.3 is 0 Å². The number of aromatic nitrogens is 1. The van der Waals surface area contributed by atoms with Crippen molar-refractivity contribution in [1.82, 2.24) is 26.5 Å². The number of pyridine rings is 1. The monoisotopic (exact) mass is 597 g/mol. The van der Waals surface area contributed by atoms with Crippen molar-refractivity contribution < 1.29 is 19.2 Å². The van der Waals surface area contributed by atoms with Crippen LogP contribution in [0.15, 0.2) is 89.1 Å². The second-order valence-electron chi connectivity index (χ2n) is 11.0. The van der Waals surface area contributed by atoms with Crippen molar-refractivity contribution in [3.05, 3.63) is 101 Å². The maximum absolute atomic E-state index is 13.1. The number of hydrogen-bond donors (Lipinski definition) is 4. The summed E-state index contributed by atoms with van der Waals surface area (Å²) in [5.41, 5.74) is 6.47. The lowest BCUT2D eigenvalue weighted by Gasteiger charge is -2.19. The van der Waals surface area contributed by atoms with Gasteiger partial charge in [0, 0.05) is 0 Å². The average molecular weight is 598 g/mol. The Labute approximate surface area is 257 Å². The Hall–Kier alpha value is -5.19. The zero-order chi connectivity index (χ0) is 31.9. The van der Waals surface area contributed by atoms with Gasteiger partial charge in [-0.2, -0.15) is 10.2 Å². The molecular weight excluding hydrogens is 558 g/mol. The largest absolute Gasteiger partial charge is 0.339 e. The highest BCUT2D eigenvalue weighted by Gasteiger charge is 2.25. The minimum Gasteiger partial charge on any atom is -0.339 e. The second-order valence-corrected chi connectivity index (χ2v) is 11.0. The van der Waals surface area contributed by atoms with E-state index < -0.39 is 35.7 Å². The van der Waals surface area contributed by atoms with E-state index in [1.165, 1.54) is 30.6 Å². The molecule has 0 saturated carbocycles. The molecule has 1 heterocycles. The summed E-state index contributed by atoms with van der Waals surface area (Å²) in [7, 11) is 0. The number of nitrogens with one attached hydrogen (secondary N) is 4. The van der Waals surface area contributed by atoms with Crippen LogP contribution in [0.25, 0.3) is 0 Å². The standard InChI is InChI=1S/C33H39N7O4/c1-22(2)18-28(32(43)39-34-20-24-12-7-5-8-13-24)37-30(41)26-16-11-17-27(36-26)31(42)38-29(19-23(3)4)33(44)40-35-21-25-14-9-6-10-15-25/h5-17,20-23,28-29H,18-19H2,1-4H3,(H,37,41)(H,38,42)(H,39,43)(H,40,44)/b34-20+,35-21+/t28-,29-/m0/s1. The molecule has 0 fully saturated rings.